The number of nitrogens with zero attached hydrogens (tertiary/aromatic N) is 3. The smallest absolute Gasteiger partial charge is 0.338 e. The summed E-state index contributed by atoms with van der Waals surface area (Å²) in [6, 6.07) is 8.24. The molecule has 1 aliphatic heterocycles. The standard InChI is InChI=1S/C19H27N3O5/c1-4-5-11-25-18-16(21-22-20)13(2)27-15(17(18)24-3)12-26-19(23)14-9-7-6-8-10-14/h6-10,13,15-18H,4-5,11-12H2,1-3H3/t13?,15?,16-,17-,18-/m1/s1. The number of hydrogen-bond acceptors (Lipinski definition) is 6. The van der Waals surface area contributed by atoms with Crippen LogP contribution in [0.25, 0.3) is 10.4 Å². The summed E-state index contributed by atoms with van der Waals surface area (Å²) < 4.78 is 22.9. The third kappa shape index (κ3) is 5.68. The Kier molecular flexibility index (Phi) is 8.54. The van der Waals surface area contributed by atoms with Crippen molar-refractivity contribution in [2.75, 3.05) is 20.3 Å². The van der Waals surface area contributed by atoms with Crippen molar-refractivity contribution in [2.24, 2.45) is 5.11 Å². The van der Waals surface area contributed by atoms with Gasteiger partial charge in [-0.05, 0) is 31.0 Å². The molecular formula is C19H27N3O5. The zero-order valence-corrected chi connectivity index (χ0v) is 16.0. The molecule has 2 unspecified atom stereocenters. The second kappa shape index (κ2) is 10.9. The maximum Gasteiger partial charge on any atom is 0.338 e. The molecule has 1 aromatic carbocycles. The predicted octanol–water partition coefficient (Wildman–Crippen LogP) is 3.51. The summed E-state index contributed by atoms with van der Waals surface area (Å²) >= 11 is 0. The van der Waals surface area contributed by atoms with Crippen LogP contribution in [-0.2, 0) is 18.9 Å². The van der Waals surface area contributed by atoms with E-state index < -0.39 is 30.3 Å². The van der Waals surface area contributed by atoms with Crippen molar-refractivity contribution >= 4 is 5.97 Å². The van der Waals surface area contributed by atoms with Gasteiger partial charge in [-0.1, -0.05) is 36.7 Å². The van der Waals surface area contributed by atoms with Crippen LogP contribution in [0, 0.1) is 0 Å². The molecule has 0 aromatic heterocycles. The molecule has 2 rings (SSSR count). The number of ether oxygens (including phenoxy) is 4. The van der Waals surface area contributed by atoms with Crippen molar-refractivity contribution in [2.45, 2.75) is 57.1 Å². The Hall–Kier alpha value is -2.12. The van der Waals surface area contributed by atoms with Gasteiger partial charge in [-0.3, -0.25) is 0 Å². The van der Waals surface area contributed by atoms with Crippen molar-refractivity contribution in [1.29, 1.82) is 0 Å². The average molecular weight is 377 g/mol. The SMILES string of the molecule is CCCCO[C@@H]1[C@H](N=[N+]=[N-])C(C)OC(COC(=O)c2ccccc2)[C@H]1OC. The number of unbranched alkanes of at least 4 members (excludes halogenated alkanes) is 1. The molecular weight excluding hydrogens is 350 g/mol. The van der Waals surface area contributed by atoms with Crippen molar-refractivity contribution < 1.29 is 23.7 Å². The summed E-state index contributed by atoms with van der Waals surface area (Å²) in [4.78, 5) is 15.1. The van der Waals surface area contributed by atoms with Crippen LogP contribution in [0.4, 0.5) is 0 Å². The second-order valence-corrected chi connectivity index (χ2v) is 6.43. The van der Waals surface area contributed by atoms with Gasteiger partial charge in [-0.2, -0.15) is 0 Å². The van der Waals surface area contributed by atoms with E-state index in [-0.39, 0.29) is 12.7 Å². The van der Waals surface area contributed by atoms with E-state index in [1.54, 1.807) is 31.4 Å². The van der Waals surface area contributed by atoms with Gasteiger partial charge in [0.1, 0.15) is 18.8 Å². The predicted molar refractivity (Wildman–Crippen MR) is 99.4 cm³/mol. The highest BCUT2D eigenvalue weighted by Gasteiger charge is 2.45. The van der Waals surface area contributed by atoms with Crippen LogP contribution in [-0.4, -0.2) is 56.8 Å². The normalized spacial score (nSPS) is 27.6. The molecule has 8 heteroatoms. The quantitative estimate of drug-likeness (QED) is 0.215. The van der Waals surface area contributed by atoms with E-state index >= 15 is 0 Å². The molecule has 1 heterocycles. The minimum atomic E-state index is -0.519. The molecule has 27 heavy (non-hydrogen) atoms. The lowest BCUT2D eigenvalue weighted by Gasteiger charge is -2.43. The van der Waals surface area contributed by atoms with E-state index in [1.165, 1.54) is 0 Å². The average Bonchev–Trinajstić information content (AvgIpc) is 2.69. The molecule has 8 nitrogen and oxygen atoms in total. The summed E-state index contributed by atoms with van der Waals surface area (Å²) in [5.74, 6) is -0.428. The van der Waals surface area contributed by atoms with Crippen LogP contribution < -0.4 is 0 Å². The molecule has 1 aromatic rings. The Bertz CT molecular complexity index is 635. The van der Waals surface area contributed by atoms with Gasteiger partial charge in [0.15, 0.2) is 0 Å². The highest BCUT2D eigenvalue weighted by molar-refractivity contribution is 5.89. The fourth-order valence-electron chi connectivity index (χ4n) is 3.12. The molecule has 0 aliphatic carbocycles. The van der Waals surface area contributed by atoms with Crippen LogP contribution in [0.3, 0.4) is 0 Å². The highest BCUT2D eigenvalue weighted by atomic mass is 16.6. The molecule has 0 saturated carbocycles. The van der Waals surface area contributed by atoms with Crippen LogP contribution >= 0.6 is 0 Å². The van der Waals surface area contributed by atoms with Gasteiger partial charge in [0.2, 0.25) is 0 Å². The lowest BCUT2D eigenvalue weighted by molar-refractivity contribution is -0.206. The van der Waals surface area contributed by atoms with Crippen molar-refractivity contribution in [3.63, 3.8) is 0 Å². The summed E-state index contributed by atoms with van der Waals surface area (Å²) in [7, 11) is 1.54. The zero-order valence-electron chi connectivity index (χ0n) is 16.0. The number of methoxy groups -OCH3 is 1. The van der Waals surface area contributed by atoms with E-state index in [0.717, 1.165) is 12.8 Å². The summed E-state index contributed by atoms with van der Waals surface area (Å²) in [6.45, 7) is 4.43. The maximum atomic E-state index is 12.2. The fraction of sp³-hybridized carbons (Fsp3) is 0.632. The highest BCUT2D eigenvalue weighted by Crippen LogP contribution is 2.28. The minimum absolute atomic E-state index is 0.0210. The van der Waals surface area contributed by atoms with Crippen molar-refractivity contribution in [3.8, 4) is 0 Å². The Morgan fingerprint density at radius 3 is 2.67 bits per heavy atom. The molecule has 5 atom stereocenters. The fourth-order valence-corrected chi connectivity index (χ4v) is 3.12. The third-order valence-corrected chi connectivity index (χ3v) is 4.55. The van der Waals surface area contributed by atoms with Gasteiger partial charge in [0.05, 0.1) is 23.8 Å². The Labute approximate surface area is 159 Å². The number of esters is 1. The van der Waals surface area contributed by atoms with E-state index in [0.29, 0.717) is 12.2 Å². The molecule has 1 saturated heterocycles. The third-order valence-electron chi connectivity index (χ3n) is 4.55. The van der Waals surface area contributed by atoms with Crippen LogP contribution in [0.1, 0.15) is 37.0 Å². The number of rotatable bonds is 9. The summed E-state index contributed by atoms with van der Waals surface area (Å²) in [6.07, 6.45) is -0.0212. The lowest BCUT2D eigenvalue weighted by Crippen LogP contribution is -2.59. The first-order valence-electron chi connectivity index (χ1n) is 9.18. The molecule has 0 N–H and O–H groups in total. The van der Waals surface area contributed by atoms with Gasteiger partial charge in [0, 0.05) is 18.6 Å². The van der Waals surface area contributed by atoms with Crippen molar-refractivity contribution in [1.82, 2.24) is 0 Å². The Balaban J connectivity index is 2.08. The molecule has 0 bridgehead atoms. The van der Waals surface area contributed by atoms with Gasteiger partial charge < -0.3 is 18.9 Å². The van der Waals surface area contributed by atoms with Crippen molar-refractivity contribution in [3.05, 3.63) is 46.3 Å². The number of azide groups is 1. The first kappa shape index (κ1) is 21.2. The summed E-state index contributed by atoms with van der Waals surface area (Å²) in [5.41, 5.74) is 9.36. The molecule has 1 fully saturated rings. The van der Waals surface area contributed by atoms with Crippen LogP contribution in [0.2, 0.25) is 0 Å². The number of hydrogen-bond donors (Lipinski definition) is 0. The molecule has 1 aliphatic rings. The Morgan fingerprint density at radius 1 is 1.30 bits per heavy atom. The first-order valence-corrected chi connectivity index (χ1v) is 9.18. The zero-order chi connectivity index (χ0) is 19.6. The second-order valence-electron chi connectivity index (χ2n) is 6.43. The Morgan fingerprint density at radius 2 is 2.04 bits per heavy atom. The summed E-state index contributed by atoms with van der Waals surface area (Å²) in [5, 5.41) is 3.84. The topological polar surface area (TPSA) is 103 Å². The number of benzene rings is 1. The molecule has 148 valence electrons. The monoisotopic (exact) mass is 377 g/mol. The van der Waals surface area contributed by atoms with E-state index in [9.17, 15) is 4.79 Å². The maximum absolute atomic E-state index is 12.2. The lowest BCUT2D eigenvalue weighted by atomic mass is 9.93. The van der Waals surface area contributed by atoms with E-state index in [2.05, 4.69) is 16.9 Å². The van der Waals surface area contributed by atoms with E-state index in [4.69, 9.17) is 24.5 Å². The van der Waals surface area contributed by atoms with Gasteiger partial charge >= 0.3 is 5.97 Å². The van der Waals surface area contributed by atoms with Gasteiger partial charge in [-0.15, -0.1) is 0 Å². The largest absolute Gasteiger partial charge is 0.459 e. The molecule has 0 radical (unpaired) electrons. The van der Waals surface area contributed by atoms with Crippen LogP contribution in [0.15, 0.2) is 35.4 Å². The van der Waals surface area contributed by atoms with E-state index in [1.807, 2.05) is 13.0 Å². The molecule has 0 spiro atoms. The number of carbonyl (C=O) groups is 1. The molecule has 0 amide bonds. The first-order chi connectivity index (χ1) is 13.1. The minimum Gasteiger partial charge on any atom is -0.459 e. The number of carbonyl (C=O) groups excluding carboxylic acids is 1. The van der Waals surface area contributed by atoms with Gasteiger partial charge in [-0.25, -0.2) is 4.79 Å². The van der Waals surface area contributed by atoms with Gasteiger partial charge in [0.25, 0.3) is 0 Å². The van der Waals surface area contributed by atoms with Crippen LogP contribution in [0.5, 0.6) is 0 Å².